The fraction of sp³-hybridized carbons (Fsp3) is 0.226. The third-order valence-corrected chi connectivity index (χ3v) is 6.72. The summed E-state index contributed by atoms with van der Waals surface area (Å²) in [6.45, 7) is 5.79. The van der Waals surface area contributed by atoms with Gasteiger partial charge < -0.3 is 5.11 Å². The number of benzene rings is 3. The van der Waals surface area contributed by atoms with Gasteiger partial charge >= 0.3 is 0 Å². The van der Waals surface area contributed by atoms with Crippen LogP contribution in [0.3, 0.4) is 0 Å². The van der Waals surface area contributed by atoms with Crippen LogP contribution < -0.4 is 5.56 Å². The molecule has 0 radical (unpaired) electrons. The average molecular weight is 492 g/mol. The van der Waals surface area contributed by atoms with Gasteiger partial charge in [-0.2, -0.15) is 0 Å². The summed E-state index contributed by atoms with van der Waals surface area (Å²) in [4.78, 5) is 34.4. The summed E-state index contributed by atoms with van der Waals surface area (Å²) >= 11 is 0. The molecule has 186 valence electrons. The first-order valence-electron chi connectivity index (χ1n) is 12.4. The summed E-state index contributed by atoms with van der Waals surface area (Å²) in [6.07, 6.45) is 3.09. The molecule has 3 aromatic carbocycles. The number of Topliss-reactive ketones (excluding diaryl/α,β-unsaturated/α-hetero) is 1. The summed E-state index contributed by atoms with van der Waals surface area (Å²) in [5.74, 6) is 0.687. The zero-order valence-corrected chi connectivity index (χ0v) is 21.2. The SMILES string of the molecule is Cc1nc2ccccc2c(=O)n1-c1ccc(Cc2ccc(N=CC3=C(O)CC(C)(C)CC3=O)cc2)cc1. The summed E-state index contributed by atoms with van der Waals surface area (Å²) in [6, 6.07) is 23.1. The number of fused-ring (bicyclic) bond motifs is 1. The largest absolute Gasteiger partial charge is 0.511 e. The molecule has 6 heteroatoms. The number of aromatic nitrogens is 2. The fourth-order valence-corrected chi connectivity index (χ4v) is 4.83. The molecular weight excluding hydrogens is 462 g/mol. The predicted octanol–water partition coefficient (Wildman–Crippen LogP) is 6.19. The van der Waals surface area contributed by atoms with Crippen LogP contribution in [0, 0.1) is 12.3 Å². The van der Waals surface area contributed by atoms with E-state index in [0.717, 1.165) is 28.9 Å². The Morgan fingerprint density at radius 2 is 1.59 bits per heavy atom. The first kappa shape index (κ1) is 24.4. The quantitative estimate of drug-likeness (QED) is 0.338. The Morgan fingerprint density at radius 1 is 0.946 bits per heavy atom. The standard InChI is InChI=1S/C31H29N3O3/c1-20-33-27-7-5-4-6-25(27)30(37)34(20)24-14-10-22(11-15-24)16-21-8-12-23(13-9-21)32-19-26-28(35)17-31(2,3)18-29(26)36/h4-15,19,35H,16-18H2,1-3H3. The molecule has 4 aromatic rings. The minimum absolute atomic E-state index is 0.0743. The number of allylic oxidation sites excluding steroid dienone is 2. The lowest BCUT2D eigenvalue weighted by Crippen LogP contribution is -2.26. The summed E-state index contributed by atoms with van der Waals surface area (Å²) in [7, 11) is 0. The molecule has 1 aromatic heterocycles. The van der Waals surface area contributed by atoms with Crippen molar-refractivity contribution >= 4 is 28.6 Å². The van der Waals surface area contributed by atoms with Crippen LogP contribution in [0.5, 0.6) is 0 Å². The normalized spacial score (nSPS) is 15.6. The topological polar surface area (TPSA) is 84.6 Å². The number of aliphatic hydroxyl groups is 1. The van der Waals surface area contributed by atoms with Gasteiger partial charge in [0, 0.05) is 19.1 Å². The highest BCUT2D eigenvalue weighted by Crippen LogP contribution is 2.35. The van der Waals surface area contributed by atoms with Crippen molar-refractivity contribution in [3.8, 4) is 5.69 Å². The van der Waals surface area contributed by atoms with E-state index in [2.05, 4.69) is 9.98 Å². The molecule has 1 N–H and O–H groups in total. The highest BCUT2D eigenvalue weighted by molar-refractivity contribution is 6.14. The zero-order chi connectivity index (χ0) is 26.2. The zero-order valence-electron chi connectivity index (χ0n) is 21.2. The lowest BCUT2D eigenvalue weighted by molar-refractivity contribution is -0.117. The number of hydrogen-bond acceptors (Lipinski definition) is 5. The monoisotopic (exact) mass is 491 g/mol. The van der Waals surface area contributed by atoms with Crippen molar-refractivity contribution in [1.29, 1.82) is 0 Å². The van der Waals surface area contributed by atoms with E-state index < -0.39 is 0 Å². The number of rotatable bonds is 5. The van der Waals surface area contributed by atoms with Crippen LogP contribution in [0.2, 0.25) is 0 Å². The number of aryl methyl sites for hydroxylation is 1. The van der Waals surface area contributed by atoms with Gasteiger partial charge in [-0.25, -0.2) is 4.98 Å². The molecule has 0 spiro atoms. The van der Waals surface area contributed by atoms with Crippen LogP contribution in [0.25, 0.3) is 16.6 Å². The van der Waals surface area contributed by atoms with Crippen LogP contribution in [0.4, 0.5) is 5.69 Å². The van der Waals surface area contributed by atoms with Crippen molar-refractivity contribution in [3.05, 3.63) is 111 Å². The maximum atomic E-state index is 13.1. The highest BCUT2D eigenvalue weighted by Gasteiger charge is 2.32. The van der Waals surface area contributed by atoms with Gasteiger partial charge in [0.25, 0.3) is 5.56 Å². The van der Waals surface area contributed by atoms with Gasteiger partial charge in [0.05, 0.1) is 27.9 Å². The maximum Gasteiger partial charge on any atom is 0.265 e. The number of para-hydroxylation sites is 1. The van der Waals surface area contributed by atoms with Gasteiger partial charge in [-0.15, -0.1) is 0 Å². The minimum atomic E-state index is -0.223. The number of aliphatic imine (C=N–C) groups is 1. The summed E-state index contributed by atoms with van der Waals surface area (Å²) in [5, 5.41) is 10.9. The first-order valence-corrected chi connectivity index (χ1v) is 12.4. The van der Waals surface area contributed by atoms with Crippen LogP contribution >= 0.6 is 0 Å². The van der Waals surface area contributed by atoms with E-state index >= 15 is 0 Å². The second kappa shape index (κ2) is 9.62. The van der Waals surface area contributed by atoms with E-state index in [9.17, 15) is 14.7 Å². The third kappa shape index (κ3) is 5.14. The molecule has 0 unspecified atom stereocenters. The molecule has 1 aliphatic carbocycles. The summed E-state index contributed by atoms with van der Waals surface area (Å²) in [5.41, 5.74) is 4.44. The van der Waals surface area contributed by atoms with Gasteiger partial charge in [0.15, 0.2) is 5.78 Å². The minimum Gasteiger partial charge on any atom is -0.511 e. The molecule has 1 aliphatic rings. The molecule has 37 heavy (non-hydrogen) atoms. The molecule has 0 bridgehead atoms. The number of hydrogen-bond donors (Lipinski definition) is 1. The van der Waals surface area contributed by atoms with E-state index in [0.29, 0.717) is 35.1 Å². The molecule has 0 aliphatic heterocycles. The van der Waals surface area contributed by atoms with Crippen molar-refractivity contribution in [3.63, 3.8) is 0 Å². The third-order valence-electron chi connectivity index (χ3n) is 6.72. The summed E-state index contributed by atoms with van der Waals surface area (Å²) < 4.78 is 1.64. The lowest BCUT2D eigenvalue weighted by Gasteiger charge is -2.28. The van der Waals surface area contributed by atoms with E-state index in [4.69, 9.17) is 0 Å². The van der Waals surface area contributed by atoms with Crippen LogP contribution in [-0.4, -0.2) is 26.7 Å². The smallest absolute Gasteiger partial charge is 0.265 e. The van der Waals surface area contributed by atoms with Crippen LogP contribution in [0.1, 0.15) is 43.6 Å². The van der Waals surface area contributed by atoms with E-state index in [1.165, 1.54) is 6.21 Å². The van der Waals surface area contributed by atoms with Crippen molar-refractivity contribution in [2.75, 3.05) is 0 Å². The molecule has 5 rings (SSSR count). The molecular formula is C31H29N3O3. The second-order valence-corrected chi connectivity index (χ2v) is 10.4. The first-order chi connectivity index (χ1) is 17.7. The van der Waals surface area contributed by atoms with Gasteiger partial charge in [0.2, 0.25) is 0 Å². The van der Waals surface area contributed by atoms with Crippen molar-refractivity contribution in [2.45, 2.75) is 40.0 Å². The van der Waals surface area contributed by atoms with Crippen LogP contribution in [-0.2, 0) is 11.2 Å². The Hall–Kier alpha value is -4.32. The Balaban J connectivity index is 1.30. The molecule has 0 fully saturated rings. The Bertz CT molecular complexity index is 1610. The molecule has 0 saturated carbocycles. The van der Waals surface area contributed by atoms with E-state index in [1.54, 1.807) is 10.6 Å². The fourth-order valence-electron chi connectivity index (χ4n) is 4.83. The molecule has 1 heterocycles. The van der Waals surface area contributed by atoms with Gasteiger partial charge in [-0.1, -0.05) is 50.2 Å². The Kier molecular flexibility index (Phi) is 6.34. The Morgan fingerprint density at radius 3 is 2.27 bits per heavy atom. The van der Waals surface area contributed by atoms with Gasteiger partial charge in [-0.05, 0) is 66.3 Å². The number of aliphatic hydroxyl groups excluding tert-OH is 1. The predicted molar refractivity (Wildman–Crippen MR) is 147 cm³/mol. The highest BCUT2D eigenvalue weighted by atomic mass is 16.3. The molecule has 6 nitrogen and oxygen atoms in total. The number of nitrogens with zero attached hydrogens (tertiary/aromatic N) is 3. The van der Waals surface area contributed by atoms with E-state index in [-0.39, 0.29) is 22.5 Å². The number of ketones is 1. The second-order valence-electron chi connectivity index (χ2n) is 10.4. The number of carbonyl (C=O) groups is 1. The molecule has 0 amide bonds. The van der Waals surface area contributed by atoms with Crippen molar-refractivity contribution in [2.24, 2.45) is 10.4 Å². The van der Waals surface area contributed by atoms with Crippen LogP contribution in [0.15, 0.2) is 93.9 Å². The number of carbonyl (C=O) groups excluding carboxylic acids is 1. The lowest BCUT2D eigenvalue weighted by atomic mass is 9.77. The molecule has 0 atom stereocenters. The Labute approximate surface area is 215 Å². The molecule has 0 saturated heterocycles. The van der Waals surface area contributed by atoms with Gasteiger partial charge in [0.1, 0.15) is 11.6 Å². The maximum absolute atomic E-state index is 13.1. The van der Waals surface area contributed by atoms with Crippen molar-refractivity contribution in [1.82, 2.24) is 9.55 Å². The van der Waals surface area contributed by atoms with Crippen molar-refractivity contribution < 1.29 is 9.90 Å². The average Bonchev–Trinajstić information content (AvgIpc) is 2.85. The van der Waals surface area contributed by atoms with E-state index in [1.807, 2.05) is 87.5 Å². The van der Waals surface area contributed by atoms with Gasteiger partial charge in [-0.3, -0.25) is 19.1 Å².